The Morgan fingerprint density at radius 3 is 2.90 bits per heavy atom. The molecule has 7 heteroatoms. The highest BCUT2D eigenvalue weighted by atomic mass is 32.1. The summed E-state index contributed by atoms with van der Waals surface area (Å²) in [6.07, 6.45) is 2.32. The summed E-state index contributed by atoms with van der Waals surface area (Å²) in [5, 5.41) is 12.1. The molecule has 1 atom stereocenters. The van der Waals surface area contributed by atoms with Gasteiger partial charge in [0.05, 0.1) is 12.1 Å². The molecule has 1 aliphatic heterocycles. The van der Waals surface area contributed by atoms with Gasteiger partial charge in [0.25, 0.3) is 0 Å². The summed E-state index contributed by atoms with van der Waals surface area (Å²) in [6, 6.07) is 0. The van der Waals surface area contributed by atoms with E-state index >= 15 is 0 Å². The van der Waals surface area contributed by atoms with Gasteiger partial charge in [-0.3, -0.25) is 14.5 Å². The van der Waals surface area contributed by atoms with Crippen LogP contribution in [0, 0.1) is 5.92 Å². The molecule has 1 aromatic heterocycles. The molecule has 0 aromatic carbocycles. The van der Waals surface area contributed by atoms with E-state index in [4.69, 9.17) is 5.11 Å². The van der Waals surface area contributed by atoms with Crippen molar-refractivity contribution < 1.29 is 14.7 Å². The van der Waals surface area contributed by atoms with Crippen LogP contribution in [0.1, 0.15) is 37.3 Å². The molecule has 0 saturated carbocycles. The highest BCUT2D eigenvalue weighted by Gasteiger charge is 2.21. The molecule has 21 heavy (non-hydrogen) atoms. The summed E-state index contributed by atoms with van der Waals surface area (Å²) in [4.78, 5) is 29.6. The van der Waals surface area contributed by atoms with E-state index in [2.05, 4.69) is 22.1 Å². The zero-order valence-corrected chi connectivity index (χ0v) is 13.2. The zero-order valence-electron chi connectivity index (χ0n) is 12.4. The first-order valence-corrected chi connectivity index (χ1v) is 7.96. The molecule has 1 unspecified atom stereocenters. The third kappa shape index (κ3) is 4.78. The van der Waals surface area contributed by atoms with Gasteiger partial charge in [-0.05, 0) is 25.3 Å². The fraction of sp³-hybridized carbons (Fsp3) is 0.643. The molecule has 0 bridgehead atoms. The standard InChI is InChI=1S/C14H21N3O3S/c1-9-4-3-5-17(7-9)8-12-11(6-13(19)20)16-14(21-12)15-10(2)18/h9H,3-8H2,1-2H3,(H,19,20)(H,15,16,18). The van der Waals surface area contributed by atoms with Gasteiger partial charge in [0.1, 0.15) is 0 Å². The molecule has 0 spiro atoms. The Labute approximate surface area is 128 Å². The third-order valence-corrected chi connectivity index (χ3v) is 4.49. The highest BCUT2D eigenvalue weighted by molar-refractivity contribution is 7.15. The fourth-order valence-corrected chi connectivity index (χ4v) is 3.69. The van der Waals surface area contributed by atoms with Crippen LogP contribution in [0.4, 0.5) is 5.13 Å². The lowest BCUT2D eigenvalue weighted by Crippen LogP contribution is -2.33. The van der Waals surface area contributed by atoms with E-state index in [1.54, 1.807) is 0 Å². The second kappa shape index (κ2) is 7.00. The van der Waals surface area contributed by atoms with Crippen molar-refractivity contribution in [2.24, 2.45) is 5.92 Å². The van der Waals surface area contributed by atoms with Crippen LogP contribution in [0.5, 0.6) is 0 Å². The molecular weight excluding hydrogens is 290 g/mol. The van der Waals surface area contributed by atoms with E-state index in [0.29, 0.717) is 23.3 Å². The fourth-order valence-electron chi connectivity index (χ4n) is 2.63. The maximum Gasteiger partial charge on any atom is 0.309 e. The Bertz CT molecular complexity index is 530. The summed E-state index contributed by atoms with van der Waals surface area (Å²) in [7, 11) is 0. The molecular formula is C14H21N3O3S. The third-order valence-electron chi connectivity index (χ3n) is 3.49. The second-order valence-electron chi connectivity index (χ2n) is 5.62. The van der Waals surface area contributed by atoms with Crippen molar-refractivity contribution in [3.05, 3.63) is 10.6 Å². The molecule has 1 amide bonds. The Morgan fingerprint density at radius 1 is 1.52 bits per heavy atom. The van der Waals surface area contributed by atoms with Crippen molar-refractivity contribution in [1.29, 1.82) is 0 Å². The van der Waals surface area contributed by atoms with Gasteiger partial charge in [0, 0.05) is 24.9 Å². The molecule has 1 aliphatic rings. The van der Waals surface area contributed by atoms with Gasteiger partial charge in [-0.1, -0.05) is 6.92 Å². The summed E-state index contributed by atoms with van der Waals surface area (Å²) in [5.41, 5.74) is 0.564. The number of nitrogens with one attached hydrogen (secondary N) is 1. The zero-order chi connectivity index (χ0) is 15.4. The molecule has 2 heterocycles. The van der Waals surface area contributed by atoms with Crippen molar-refractivity contribution >= 4 is 28.3 Å². The van der Waals surface area contributed by atoms with Crippen LogP contribution >= 0.6 is 11.3 Å². The van der Waals surface area contributed by atoms with Crippen LogP contribution in [-0.2, 0) is 22.6 Å². The molecule has 0 radical (unpaired) electrons. The van der Waals surface area contributed by atoms with Gasteiger partial charge in [-0.15, -0.1) is 11.3 Å². The number of carboxylic acids is 1. The topological polar surface area (TPSA) is 82.5 Å². The molecule has 1 aromatic rings. The first-order chi connectivity index (χ1) is 9.94. The minimum absolute atomic E-state index is 0.102. The first kappa shape index (κ1) is 15.9. The van der Waals surface area contributed by atoms with Gasteiger partial charge in [-0.25, -0.2) is 4.98 Å². The summed E-state index contributed by atoms with van der Waals surface area (Å²) in [6.45, 7) is 6.43. The van der Waals surface area contributed by atoms with Gasteiger partial charge in [-0.2, -0.15) is 0 Å². The van der Waals surface area contributed by atoms with E-state index in [1.807, 2.05) is 0 Å². The number of amides is 1. The minimum Gasteiger partial charge on any atom is -0.481 e. The number of carboxylic acid groups (broad SMARTS) is 1. The summed E-state index contributed by atoms with van der Waals surface area (Å²) >= 11 is 1.38. The van der Waals surface area contributed by atoms with Crippen LogP contribution in [-0.4, -0.2) is 40.0 Å². The summed E-state index contributed by atoms with van der Waals surface area (Å²) in [5.74, 6) is -0.420. The lowest BCUT2D eigenvalue weighted by Gasteiger charge is -2.30. The number of carbonyl (C=O) groups excluding carboxylic acids is 1. The maximum atomic E-state index is 11.1. The van der Waals surface area contributed by atoms with Gasteiger partial charge >= 0.3 is 5.97 Å². The van der Waals surface area contributed by atoms with Crippen molar-refractivity contribution in [2.45, 2.75) is 39.7 Å². The average molecular weight is 311 g/mol. The Kier molecular flexibility index (Phi) is 5.30. The number of hydrogen-bond acceptors (Lipinski definition) is 5. The molecule has 2 rings (SSSR count). The number of aliphatic carboxylic acids is 1. The SMILES string of the molecule is CC(=O)Nc1nc(CC(=O)O)c(CN2CCCC(C)C2)s1. The molecule has 6 nitrogen and oxygen atoms in total. The van der Waals surface area contributed by atoms with Gasteiger partial charge in [0.2, 0.25) is 5.91 Å². The minimum atomic E-state index is -0.900. The predicted molar refractivity (Wildman–Crippen MR) is 81.4 cm³/mol. The van der Waals surface area contributed by atoms with Crippen molar-refractivity contribution in [2.75, 3.05) is 18.4 Å². The van der Waals surface area contributed by atoms with Crippen molar-refractivity contribution in [1.82, 2.24) is 9.88 Å². The lowest BCUT2D eigenvalue weighted by molar-refractivity contribution is -0.136. The molecule has 1 saturated heterocycles. The van der Waals surface area contributed by atoms with E-state index in [1.165, 1.54) is 31.1 Å². The van der Waals surface area contributed by atoms with E-state index in [9.17, 15) is 9.59 Å². The smallest absolute Gasteiger partial charge is 0.309 e. The normalized spacial score (nSPS) is 19.4. The van der Waals surface area contributed by atoms with Crippen LogP contribution in [0.2, 0.25) is 0 Å². The van der Waals surface area contributed by atoms with Gasteiger partial charge < -0.3 is 10.4 Å². The largest absolute Gasteiger partial charge is 0.481 e. The van der Waals surface area contributed by atoms with Gasteiger partial charge in [0.15, 0.2) is 5.13 Å². The number of carbonyl (C=O) groups is 2. The van der Waals surface area contributed by atoms with Crippen LogP contribution < -0.4 is 5.32 Å². The van der Waals surface area contributed by atoms with E-state index < -0.39 is 5.97 Å². The Hall–Kier alpha value is -1.47. The maximum absolute atomic E-state index is 11.1. The predicted octanol–water partition coefficient (Wildman–Crippen LogP) is 1.96. The number of aromatic nitrogens is 1. The van der Waals surface area contributed by atoms with Crippen LogP contribution in [0.3, 0.4) is 0 Å². The summed E-state index contributed by atoms with van der Waals surface area (Å²) < 4.78 is 0. The number of piperidine rings is 1. The molecule has 116 valence electrons. The number of rotatable bonds is 5. The number of anilines is 1. The number of hydrogen-bond donors (Lipinski definition) is 2. The monoisotopic (exact) mass is 311 g/mol. The van der Waals surface area contributed by atoms with Crippen molar-refractivity contribution in [3.8, 4) is 0 Å². The Balaban J connectivity index is 2.12. The Morgan fingerprint density at radius 2 is 2.29 bits per heavy atom. The van der Waals surface area contributed by atoms with Crippen LogP contribution in [0.15, 0.2) is 0 Å². The number of likely N-dealkylation sites (tertiary alicyclic amines) is 1. The molecule has 2 N–H and O–H groups in total. The first-order valence-electron chi connectivity index (χ1n) is 7.14. The van der Waals surface area contributed by atoms with E-state index in [0.717, 1.165) is 18.0 Å². The quantitative estimate of drug-likeness (QED) is 0.868. The second-order valence-corrected chi connectivity index (χ2v) is 6.71. The number of nitrogens with zero attached hydrogens (tertiary/aromatic N) is 2. The average Bonchev–Trinajstić information content (AvgIpc) is 2.69. The van der Waals surface area contributed by atoms with Crippen LogP contribution in [0.25, 0.3) is 0 Å². The van der Waals surface area contributed by atoms with Crippen molar-refractivity contribution in [3.63, 3.8) is 0 Å². The molecule has 1 fully saturated rings. The highest BCUT2D eigenvalue weighted by Crippen LogP contribution is 2.27. The van der Waals surface area contributed by atoms with E-state index in [-0.39, 0.29) is 12.3 Å². The molecule has 0 aliphatic carbocycles. The number of thiazole rings is 1. The lowest BCUT2D eigenvalue weighted by atomic mass is 10.0.